The van der Waals surface area contributed by atoms with Crippen LogP contribution in [0.15, 0.2) is 18.2 Å². The number of aryl methyl sites for hydroxylation is 1. The van der Waals surface area contributed by atoms with Gasteiger partial charge >= 0.3 is 0 Å². The lowest BCUT2D eigenvalue weighted by Gasteiger charge is -2.02. The molecule has 2 N–H and O–H groups in total. The predicted molar refractivity (Wildman–Crippen MR) is 45.4 cm³/mol. The highest BCUT2D eigenvalue weighted by atomic mass is 35.5. The van der Waals surface area contributed by atoms with Gasteiger partial charge in [-0.1, -0.05) is 17.7 Å². The lowest BCUT2D eigenvalue weighted by atomic mass is 10.1. The quantitative estimate of drug-likeness (QED) is 0.518. The second kappa shape index (κ2) is 3.56. The van der Waals surface area contributed by atoms with Gasteiger partial charge in [-0.25, -0.2) is 5.48 Å². The van der Waals surface area contributed by atoms with Gasteiger partial charge in [0.15, 0.2) is 0 Å². The lowest BCUT2D eigenvalue weighted by molar-refractivity contribution is 0.0705. The van der Waals surface area contributed by atoms with E-state index >= 15 is 0 Å². The van der Waals surface area contributed by atoms with Crippen LogP contribution in [0.2, 0.25) is 5.02 Å². The summed E-state index contributed by atoms with van der Waals surface area (Å²) in [5.41, 5.74) is 2.70. The van der Waals surface area contributed by atoms with Crippen LogP contribution < -0.4 is 5.48 Å². The first kappa shape index (κ1) is 9.03. The van der Waals surface area contributed by atoms with Crippen LogP contribution in [-0.4, -0.2) is 11.1 Å². The largest absolute Gasteiger partial charge is 0.288 e. The number of hydroxylamine groups is 1. The summed E-state index contributed by atoms with van der Waals surface area (Å²) in [6.07, 6.45) is 0. The summed E-state index contributed by atoms with van der Waals surface area (Å²) in [6.45, 7) is 1.76. The number of benzene rings is 1. The van der Waals surface area contributed by atoms with Crippen LogP contribution in [0, 0.1) is 6.92 Å². The van der Waals surface area contributed by atoms with Crippen molar-refractivity contribution in [2.75, 3.05) is 0 Å². The van der Waals surface area contributed by atoms with Gasteiger partial charge in [-0.3, -0.25) is 10.0 Å². The normalized spacial score (nSPS) is 9.58. The van der Waals surface area contributed by atoms with Crippen molar-refractivity contribution in [3.63, 3.8) is 0 Å². The molecule has 12 heavy (non-hydrogen) atoms. The van der Waals surface area contributed by atoms with Crippen LogP contribution in [0.5, 0.6) is 0 Å². The van der Waals surface area contributed by atoms with Crippen LogP contribution in [-0.2, 0) is 0 Å². The molecule has 0 radical (unpaired) electrons. The minimum absolute atomic E-state index is 0.380. The van der Waals surface area contributed by atoms with E-state index in [2.05, 4.69) is 0 Å². The number of halogens is 1. The molecule has 64 valence electrons. The molecule has 0 aliphatic rings. The van der Waals surface area contributed by atoms with Gasteiger partial charge < -0.3 is 0 Å². The van der Waals surface area contributed by atoms with Crippen LogP contribution >= 0.6 is 11.6 Å². The number of carbonyl (C=O) groups is 1. The Bertz CT molecular complexity index is 312. The van der Waals surface area contributed by atoms with Crippen molar-refractivity contribution in [2.24, 2.45) is 0 Å². The highest BCUT2D eigenvalue weighted by Crippen LogP contribution is 2.14. The minimum Gasteiger partial charge on any atom is -0.288 e. The summed E-state index contributed by atoms with van der Waals surface area (Å²) in [5, 5.41) is 8.83. The maximum absolute atomic E-state index is 11.0. The Morgan fingerprint density at radius 1 is 1.58 bits per heavy atom. The minimum atomic E-state index is -0.546. The van der Waals surface area contributed by atoms with Crippen molar-refractivity contribution >= 4 is 17.5 Å². The van der Waals surface area contributed by atoms with Crippen molar-refractivity contribution in [1.29, 1.82) is 0 Å². The first-order valence-corrected chi connectivity index (χ1v) is 3.73. The Kier molecular flexibility index (Phi) is 2.68. The van der Waals surface area contributed by atoms with Crippen molar-refractivity contribution in [1.82, 2.24) is 5.48 Å². The second-order valence-electron chi connectivity index (χ2n) is 2.40. The Balaban J connectivity index is 3.13. The van der Waals surface area contributed by atoms with E-state index in [1.54, 1.807) is 24.5 Å². The molecule has 0 unspecified atom stereocenters. The number of nitrogens with one attached hydrogen (secondary N) is 1. The molecule has 1 amide bonds. The first-order valence-electron chi connectivity index (χ1n) is 3.35. The number of amides is 1. The smallest absolute Gasteiger partial charge is 0.274 e. The second-order valence-corrected chi connectivity index (χ2v) is 2.84. The number of hydrogen-bond donors (Lipinski definition) is 2. The molecule has 0 spiro atoms. The van der Waals surface area contributed by atoms with Gasteiger partial charge in [0.05, 0.1) is 0 Å². The third kappa shape index (κ3) is 1.75. The molecule has 0 saturated heterocycles. The van der Waals surface area contributed by atoms with E-state index in [0.717, 1.165) is 5.56 Å². The third-order valence-electron chi connectivity index (χ3n) is 1.55. The third-order valence-corrected chi connectivity index (χ3v) is 1.78. The van der Waals surface area contributed by atoms with E-state index in [1.807, 2.05) is 0 Å². The fourth-order valence-electron chi connectivity index (χ4n) is 0.899. The van der Waals surface area contributed by atoms with E-state index in [4.69, 9.17) is 16.8 Å². The van der Waals surface area contributed by atoms with Crippen molar-refractivity contribution in [2.45, 2.75) is 6.92 Å². The van der Waals surface area contributed by atoms with Gasteiger partial charge in [0, 0.05) is 10.6 Å². The molecule has 0 aromatic heterocycles. The molecule has 0 heterocycles. The number of rotatable bonds is 1. The zero-order chi connectivity index (χ0) is 9.14. The predicted octanol–water partition coefficient (Wildman–Crippen LogP) is 1.77. The maximum Gasteiger partial charge on any atom is 0.274 e. The monoisotopic (exact) mass is 185 g/mol. The van der Waals surface area contributed by atoms with Gasteiger partial charge in [0.25, 0.3) is 5.91 Å². The molecule has 0 fully saturated rings. The molecule has 0 bridgehead atoms. The fraction of sp³-hybridized carbons (Fsp3) is 0.125. The van der Waals surface area contributed by atoms with Crippen molar-refractivity contribution in [3.8, 4) is 0 Å². The maximum atomic E-state index is 11.0. The molecule has 1 aromatic rings. The number of carbonyl (C=O) groups excluding carboxylic acids is 1. The summed E-state index contributed by atoms with van der Waals surface area (Å²) in [7, 11) is 0. The summed E-state index contributed by atoms with van der Waals surface area (Å²) in [4.78, 5) is 11.0. The SMILES string of the molecule is Cc1ccc(Cl)cc1C(=O)NO. The molecule has 1 rings (SSSR count). The Morgan fingerprint density at radius 3 is 2.83 bits per heavy atom. The van der Waals surface area contributed by atoms with Gasteiger partial charge in [0.1, 0.15) is 0 Å². The van der Waals surface area contributed by atoms with Crippen molar-refractivity contribution in [3.05, 3.63) is 34.3 Å². The zero-order valence-electron chi connectivity index (χ0n) is 6.47. The van der Waals surface area contributed by atoms with Crippen LogP contribution in [0.1, 0.15) is 15.9 Å². The molecule has 4 heteroatoms. The molecular weight excluding hydrogens is 178 g/mol. The molecule has 0 atom stereocenters. The van der Waals surface area contributed by atoms with Crippen LogP contribution in [0.25, 0.3) is 0 Å². The van der Waals surface area contributed by atoms with Gasteiger partial charge in [0.2, 0.25) is 0 Å². The van der Waals surface area contributed by atoms with E-state index in [9.17, 15) is 4.79 Å². The van der Waals surface area contributed by atoms with E-state index in [0.29, 0.717) is 10.6 Å². The summed E-state index contributed by atoms with van der Waals surface area (Å²) >= 11 is 5.66. The van der Waals surface area contributed by atoms with E-state index in [-0.39, 0.29) is 0 Å². The van der Waals surface area contributed by atoms with E-state index in [1.165, 1.54) is 6.07 Å². The summed E-state index contributed by atoms with van der Waals surface area (Å²) in [6, 6.07) is 4.90. The summed E-state index contributed by atoms with van der Waals surface area (Å²) < 4.78 is 0. The average Bonchev–Trinajstić information content (AvgIpc) is 2.08. The summed E-state index contributed by atoms with van der Waals surface area (Å²) in [5.74, 6) is -0.546. The first-order chi connectivity index (χ1) is 5.65. The highest BCUT2D eigenvalue weighted by molar-refractivity contribution is 6.31. The molecule has 3 nitrogen and oxygen atoms in total. The van der Waals surface area contributed by atoms with Gasteiger partial charge in [-0.15, -0.1) is 0 Å². The Morgan fingerprint density at radius 2 is 2.25 bits per heavy atom. The standard InChI is InChI=1S/C8H8ClNO2/c1-5-2-3-6(9)4-7(5)8(11)10-12/h2-4,12H,1H3,(H,10,11). The number of hydrogen-bond acceptors (Lipinski definition) is 2. The lowest BCUT2D eigenvalue weighted by Crippen LogP contribution is -2.19. The Labute approximate surface area is 74.9 Å². The molecule has 0 saturated carbocycles. The Hall–Kier alpha value is -1.06. The zero-order valence-corrected chi connectivity index (χ0v) is 7.22. The molecular formula is C8H8ClNO2. The molecule has 0 aliphatic carbocycles. The van der Waals surface area contributed by atoms with E-state index < -0.39 is 5.91 Å². The fourth-order valence-corrected chi connectivity index (χ4v) is 1.07. The topological polar surface area (TPSA) is 49.3 Å². The van der Waals surface area contributed by atoms with Crippen LogP contribution in [0.3, 0.4) is 0 Å². The van der Waals surface area contributed by atoms with Crippen LogP contribution in [0.4, 0.5) is 0 Å². The molecule has 0 aliphatic heterocycles. The van der Waals surface area contributed by atoms with Crippen molar-refractivity contribution < 1.29 is 10.0 Å². The average molecular weight is 186 g/mol. The highest BCUT2D eigenvalue weighted by Gasteiger charge is 2.07. The van der Waals surface area contributed by atoms with Gasteiger partial charge in [-0.2, -0.15) is 0 Å². The molecule has 1 aromatic carbocycles. The van der Waals surface area contributed by atoms with Gasteiger partial charge in [-0.05, 0) is 24.6 Å².